The highest BCUT2D eigenvalue weighted by Crippen LogP contribution is 2.20. The molecule has 0 bridgehead atoms. The molecule has 2 rings (SSSR count). The van der Waals surface area contributed by atoms with Gasteiger partial charge in [0.25, 0.3) is 0 Å². The van der Waals surface area contributed by atoms with E-state index in [2.05, 4.69) is 22.0 Å². The van der Waals surface area contributed by atoms with E-state index in [4.69, 9.17) is 0 Å². The van der Waals surface area contributed by atoms with Gasteiger partial charge in [0, 0.05) is 24.6 Å². The number of amides is 1. The third kappa shape index (κ3) is 4.10. The number of carbonyl (C=O) groups excluding carboxylic acids is 1. The molecule has 0 spiro atoms. The van der Waals surface area contributed by atoms with Gasteiger partial charge in [-0.15, -0.1) is 0 Å². The van der Waals surface area contributed by atoms with Crippen molar-refractivity contribution in [2.24, 2.45) is 5.92 Å². The van der Waals surface area contributed by atoms with E-state index in [1.807, 2.05) is 18.8 Å². The van der Waals surface area contributed by atoms with Crippen molar-refractivity contribution in [3.8, 4) is 0 Å². The van der Waals surface area contributed by atoms with Gasteiger partial charge in [0.05, 0.1) is 6.04 Å². The normalized spacial score (nSPS) is 27.6. The molecule has 1 atom stereocenters. The van der Waals surface area contributed by atoms with Gasteiger partial charge in [0.15, 0.2) is 0 Å². The topological polar surface area (TPSA) is 35.6 Å². The van der Waals surface area contributed by atoms with E-state index in [0.29, 0.717) is 11.8 Å². The molecule has 2 fully saturated rings. The molecule has 2 saturated heterocycles. The molecular formula is C14H27N3OS. The lowest BCUT2D eigenvalue weighted by Gasteiger charge is -2.34. The number of carbonyl (C=O) groups is 1. The number of rotatable bonds is 4. The summed E-state index contributed by atoms with van der Waals surface area (Å²) in [5.74, 6) is 3.01. The van der Waals surface area contributed by atoms with Crippen LogP contribution in [-0.4, -0.2) is 73.0 Å². The summed E-state index contributed by atoms with van der Waals surface area (Å²) in [6, 6.07) is 0.0169. The highest BCUT2D eigenvalue weighted by atomic mass is 32.2. The number of hydrogen-bond acceptors (Lipinski definition) is 4. The number of piperidine rings is 1. The summed E-state index contributed by atoms with van der Waals surface area (Å²) in [5, 5.41) is 3.16. The van der Waals surface area contributed by atoms with Gasteiger partial charge in [-0.05, 0) is 45.4 Å². The third-order valence-electron chi connectivity index (χ3n) is 4.38. The van der Waals surface area contributed by atoms with Crippen LogP contribution in [0.2, 0.25) is 0 Å². The Morgan fingerprint density at radius 1 is 1.32 bits per heavy atom. The average molecular weight is 285 g/mol. The van der Waals surface area contributed by atoms with Crippen LogP contribution in [0.3, 0.4) is 0 Å². The molecule has 5 heteroatoms. The van der Waals surface area contributed by atoms with Gasteiger partial charge in [-0.2, -0.15) is 11.8 Å². The second-order valence-corrected chi connectivity index (χ2v) is 6.73. The van der Waals surface area contributed by atoms with Crippen LogP contribution in [-0.2, 0) is 4.79 Å². The fourth-order valence-corrected chi connectivity index (χ4v) is 4.02. The summed E-state index contributed by atoms with van der Waals surface area (Å²) in [4.78, 5) is 17.0. The molecule has 19 heavy (non-hydrogen) atoms. The maximum atomic E-state index is 12.4. The summed E-state index contributed by atoms with van der Waals surface area (Å²) < 4.78 is 0. The molecule has 0 radical (unpaired) electrons. The summed E-state index contributed by atoms with van der Waals surface area (Å²) in [5.41, 5.74) is 0. The van der Waals surface area contributed by atoms with Crippen molar-refractivity contribution in [1.82, 2.24) is 15.1 Å². The molecule has 4 nitrogen and oxygen atoms in total. The van der Waals surface area contributed by atoms with E-state index >= 15 is 0 Å². The zero-order chi connectivity index (χ0) is 13.7. The van der Waals surface area contributed by atoms with Crippen LogP contribution in [0.4, 0.5) is 0 Å². The lowest BCUT2D eigenvalue weighted by atomic mass is 9.96. The monoisotopic (exact) mass is 285 g/mol. The third-order valence-corrected chi connectivity index (χ3v) is 5.42. The van der Waals surface area contributed by atoms with E-state index < -0.39 is 0 Å². The van der Waals surface area contributed by atoms with Crippen molar-refractivity contribution in [2.45, 2.75) is 25.8 Å². The van der Waals surface area contributed by atoms with Crippen molar-refractivity contribution in [2.75, 3.05) is 51.3 Å². The van der Waals surface area contributed by atoms with Crippen LogP contribution >= 0.6 is 11.8 Å². The zero-order valence-electron chi connectivity index (χ0n) is 12.2. The van der Waals surface area contributed by atoms with Gasteiger partial charge in [-0.3, -0.25) is 4.79 Å². The molecule has 1 unspecified atom stereocenters. The van der Waals surface area contributed by atoms with Crippen molar-refractivity contribution in [3.05, 3.63) is 0 Å². The predicted molar refractivity (Wildman–Crippen MR) is 81.6 cm³/mol. The standard InChI is InChI=1S/C14H27N3OS/c1-3-16-6-4-12(5-7-16)10-17-8-9-19-11-13(15-2)14(17)18/h12-13,15H,3-11H2,1-2H3. The van der Waals surface area contributed by atoms with Crippen LogP contribution in [0.15, 0.2) is 0 Å². The van der Waals surface area contributed by atoms with Gasteiger partial charge in [-0.25, -0.2) is 0 Å². The van der Waals surface area contributed by atoms with Crippen molar-refractivity contribution >= 4 is 17.7 Å². The average Bonchev–Trinajstić information content (AvgIpc) is 2.62. The number of likely N-dealkylation sites (N-methyl/N-ethyl adjacent to an activating group) is 1. The highest BCUT2D eigenvalue weighted by Gasteiger charge is 2.28. The Labute approximate surface area is 121 Å². The predicted octanol–water partition coefficient (Wildman–Crippen LogP) is 0.882. The van der Waals surface area contributed by atoms with E-state index in [-0.39, 0.29) is 6.04 Å². The number of nitrogens with one attached hydrogen (secondary N) is 1. The lowest BCUT2D eigenvalue weighted by molar-refractivity contribution is -0.133. The molecule has 0 saturated carbocycles. The Kier molecular flexibility index (Phi) is 5.98. The molecule has 0 aliphatic carbocycles. The first-order chi connectivity index (χ1) is 9.24. The molecule has 2 aliphatic heterocycles. The quantitative estimate of drug-likeness (QED) is 0.832. The summed E-state index contributed by atoms with van der Waals surface area (Å²) >= 11 is 1.89. The Balaban J connectivity index is 1.85. The summed E-state index contributed by atoms with van der Waals surface area (Å²) in [7, 11) is 1.90. The summed E-state index contributed by atoms with van der Waals surface area (Å²) in [6.07, 6.45) is 2.49. The Hall–Kier alpha value is -0.260. The van der Waals surface area contributed by atoms with Gasteiger partial charge < -0.3 is 15.1 Å². The first kappa shape index (κ1) is 15.1. The number of nitrogens with zero attached hydrogens (tertiary/aromatic N) is 2. The molecule has 2 aliphatic rings. The molecule has 2 heterocycles. The zero-order valence-corrected chi connectivity index (χ0v) is 13.0. The second kappa shape index (κ2) is 7.50. The minimum atomic E-state index is 0.0169. The SMILES string of the molecule is CCN1CCC(CN2CCSCC(NC)C2=O)CC1. The van der Waals surface area contributed by atoms with E-state index in [1.54, 1.807) is 0 Å². The fourth-order valence-electron chi connectivity index (χ4n) is 2.96. The van der Waals surface area contributed by atoms with Crippen molar-refractivity contribution in [1.29, 1.82) is 0 Å². The molecule has 0 aromatic carbocycles. The van der Waals surface area contributed by atoms with Crippen LogP contribution in [0.1, 0.15) is 19.8 Å². The van der Waals surface area contributed by atoms with Crippen molar-refractivity contribution < 1.29 is 4.79 Å². The van der Waals surface area contributed by atoms with Crippen LogP contribution in [0, 0.1) is 5.92 Å². The first-order valence-electron chi connectivity index (χ1n) is 7.50. The van der Waals surface area contributed by atoms with Crippen LogP contribution in [0.25, 0.3) is 0 Å². The molecule has 0 aromatic rings. The highest BCUT2D eigenvalue weighted by molar-refractivity contribution is 7.99. The Morgan fingerprint density at radius 2 is 2.05 bits per heavy atom. The lowest BCUT2D eigenvalue weighted by Crippen LogP contribution is -2.48. The first-order valence-corrected chi connectivity index (χ1v) is 8.66. The molecule has 1 N–H and O–H groups in total. The Morgan fingerprint density at radius 3 is 2.68 bits per heavy atom. The molecule has 1 amide bonds. The minimum Gasteiger partial charge on any atom is -0.340 e. The summed E-state index contributed by atoms with van der Waals surface area (Å²) in [6.45, 7) is 7.69. The van der Waals surface area contributed by atoms with Gasteiger partial charge in [0.1, 0.15) is 0 Å². The van der Waals surface area contributed by atoms with Gasteiger partial charge >= 0.3 is 0 Å². The molecular weight excluding hydrogens is 258 g/mol. The molecule has 0 aromatic heterocycles. The van der Waals surface area contributed by atoms with E-state index in [9.17, 15) is 4.79 Å². The van der Waals surface area contributed by atoms with Crippen molar-refractivity contribution in [3.63, 3.8) is 0 Å². The van der Waals surface area contributed by atoms with Gasteiger partial charge in [-0.1, -0.05) is 6.92 Å². The maximum Gasteiger partial charge on any atom is 0.240 e. The number of hydrogen-bond donors (Lipinski definition) is 1. The largest absolute Gasteiger partial charge is 0.340 e. The van der Waals surface area contributed by atoms with Crippen LogP contribution in [0.5, 0.6) is 0 Å². The minimum absolute atomic E-state index is 0.0169. The fraction of sp³-hybridized carbons (Fsp3) is 0.929. The Bertz CT molecular complexity index is 292. The molecule has 110 valence electrons. The number of thioether (sulfide) groups is 1. The maximum absolute atomic E-state index is 12.4. The van der Waals surface area contributed by atoms with E-state index in [0.717, 1.165) is 31.1 Å². The number of likely N-dealkylation sites (tertiary alicyclic amines) is 1. The van der Waals surface area contributed by atoms with Gasteiger partial charge in [0.2, 0.25) is 5.91 Å². The van der Waals surface area contributed by atoms with Crippen LogP contribution < -0.4 is 5.32 Å². The van der Waals surface area contributed by atoms with E-state index in [1.165, 1.54) is 25.9 Å². The smallest absolute Gasteiger partial charge is 0.240 e. The second-order valence-electron chi connectivity index (χ2n) is 5.58.